The van der Waals surface area contributed by atoms with Crippen LogP contribution in [-0.4, -0.2) is 20.3 Å². The summed E-state index contributed by atoms with van der Waals surface area (Å²) in [7, 11) is -4.10. The van der Waals surface area contributed by atoms with E-state index in [4.69, 9.17) is 0 Å². The van der Waals surface area contributed by atoms with E-state index in [1.165, 1.54) is 36.4 Å². The Hall–Kier alpha value is -1.74. The van der Waals surface area contributed by atoms with Crippen molar-refractivity contribution in [3.63, 3.8) is 0 Å². The van der Waals surface area contributed by atoms with E-state index in [1.807, 2.05) is 0 Å². The molecular formula is C14H11F4NO2S2. The van der Waals surface area contributed by atoms with Gasteiger partial charge in [-0.15, -0.1) is 11.8 Å². The van der Waals surface area contributed by atoms with Crippen molar-refractivity contribution in [2.45, 2.75) is 16.0 Å². The largest absolute Gasteiger partial charge is 0.398 e. The van der Waals surface area contributed by atoms with Crippen molar-refractivity contribution in [3.8, 4) is 0 Å². The van der Waals surface area contributed by atoms with E-state index < -0.39 is 27.8 Å². The molecule has 1 N–H and O–H groups in total. The lowest BCUT2D eigenvalue weighted by Crippen LogP contribution is -2.14. The number of hydrogen-bond acceptors (Lipinski definition) is 3. The minimum atomic E-state index is -4.38. The molecular weight excluding hydrogens is 354 g/mol. The minimum absolute atomic E-state index is 0.00557. The lowest BCUT2D eigenvalue weighted by Gasteiger charge is -2.13. The highest BCUT2D eigenvalue weighted by molar-refractivity contribution is 7.99. The molecule has 0 atom stereocenters. The van der Waals surface area contributed by atoms with Crippen molar-refractivity contribution < 1.29 is 26.0 Å². The topological polar surface area (TPSA) is 46.2 Å². The fourth-order valence-electron chi connectivity index (χ4n) is 1.67. The first-order chi connectivity index (χ1) is 10.7. The summed E-state index contributed by atoms with van der Waals surface area (Å²) in [6.07, 6.45) is -4.38. The standard InChI is InChI=1S/C14H11F4NO2S2/c15-10-4-3-5-11(8-10)23(20,21)19-12-6-1-2-7-13(12)22-9-14(16,17)18/h1-8,19H,9H2. The summed E-state index contributed by atoms with van der Waals surface area (Å²) < 4.78 is 76.7. The van der Waals surface area contributed by atoms with Gasteiger partial charge in [0, 0.05) is 4.90 Å². The van der Waals surface area contributed by atoms with Gasteiger partial charge in [0.1, 0.15) is 5.82 Å². The average Bonchev–Trinajstić information content (AvgIpc) is 2.45. The van der Waals surface area contributed by atoms with Crippen LogP contribution in [0.3, 0.4) is 0 Å². The number of rotatable bonds is 5. The molecule has 2 rings (SSSR count). The lowest BCUT2D eigenvalue weighted by atomic mass is 10.3. The van der Waals surface area contributed by atoms with Crippen LogP contribution in [0.15, 0.2) is 58.3 Å². The molecule has 23 heavy (non-hydrogen) atoms. The average molecular weight is 365 g/mol. The highest BCUT2D eigenvalue weighted by Crippen LogP contribution is 2.33. The number of anilines is 1. The van der Waals surface area contributed by atoms with E-state index in [2.05, 4.69) is 4.72 Å². The zero-order valence-electron chi connectivity index (χ0n) is 11.5. The van der Waals surface area contributed by atoms with Crippen LogP contribution >= 0.6 is 11.8 Å². The number of nitrogens with one attached hydrogen (secondary N) is 1. The van der Waals surface area contributed by atoms with Crippen molar-refractivity contribution in [3.05, 3.63) is 54.3 Å². The molecule has 9 heteroatoms. The van der Waals surface area contributed by atoms with Crippen molar-refractivity contribution in [2.24, 2.45) is 0 Å². The van der Waals surface area contributed by atoms with Gasteiger partial charge in [-0.3, -0.25) is 4.72 Å². The first kappa shape index (κ1) is 17.6. The van der Waals surface area contributed by atoms with Crippen LogP contribution in [0.2, 0.25) is 0 Å². The number of sulfonamides is 1. The van der Waals surface area contributed by atoms with Crippen molar-refractivity contribution >= 4 is 27.5 Å². The number of thioether (sulfide) groups is 1. The first-order valence-electron chi connectivity index (χ1n) is 6.24. The minimum Gasteiger partial charge on any atom is -0.278 e. The maximum absolute atomic E-state index is 13.1. The van der Waals surface area contributed by atoms with Crippen LogP contribution in [0.25, 0.3) is 0 Å². The van der Waals surface area contributed by atoms with Gasteiger partial charge in [-0.05, 0) is 30.3 Å². The molecule has 0 aromatic heterocycles. The van der Waals surface area contributed by atoms with E-state index in [-0.39, 0.29) is 15.5 Å². The fourth-order valence-corrected chi connectivity index (χ4v) is 3.62. The second-order valence-electron chi connectivity index (χ2n) is 4.46. The maximum Gasteiger partial charge on any atom is 0.398 e. The molecule has 0 aliphatic rings. The van der Waals surface area contributed by atoms with Gasteiger partial charge in [0.05, 0.1) is 16.3 Å². The normalized spacial score (nSPS) is 12.2. The molecule has 0 saturated carbocycles. The summed E-state index contributed by atoms with van der Waals surface area (Å²) in [6, 6.07) is 10.0. The van der Waals surface area contributed by atoms with E-state index in [0.717, 1.165) is 12.1 Å². The van der Waals surface area contributed by atoms with E-state index >= 15 is 0 Å². The Labute approximate surface area is 134 Å². The van der Waals surface area contributed by atoms with Crippen LogP contribution in [0, 0.1) is 5.82 Å². The van der Waals surface area contributed by atoms with E-state index in [9.17, 15) is 26.0 Å². The van der Waals surface area contributed by atoms with Gasteiger partial charge in [-0.25, -0.2) is 12.8 Å². The Bertz CT molecular complexity index is 791. The molecule has 0 spiro atoms. The summed E-state index contributed by atoms with van der Waals surface area (Å²) in [5, 5.41) is 0. The Morgan fingerprint density at radius 2 is 1.74 bits per heavy atom. The molecule has 0 aliphatic heterocycles. The number of para-hydroxylation sites is 1. The van der Waals surface area contributed by atoms with Crippen molar-refractivity contribution in [1.29, 1.82) is 0 Å². The third-order valence-corrected chi connectivity index (χ3v) is 5.13. The van der Waals surface area contributed by atoms with Crippen LogP contribution in [-0.2, 0) is 10.0 Å². The van der Waals surface area contributed by atoms with Crippen LogP contribution in [0.5, 0.6) is 0 Å². The maximum atomic E-state index is 13.1. The second kappa shape index (κ2) is 6.79. The van der Waals surface area contributed by atoms with E-state index in [0.29, 0.717) is 11.8 Å². The number of benzene rings is 2. The van der Waals surface area contributed by atoms with Gasteiger partial charge in [0.25, 0.3) is 10.0 Å². The highest BCUT2D eigenvalue weighted by atomic mass is 32.2. The molecule has 0 unspecified atom stereocenters. The smallest absolute Gasteiger partial charge is 0.278 e. The van der Waals surface area contributed by atoms with Crippen molar-refractivity contribution in [1.82, 2.24) is 0 Å². The van der Waals surface area contributed by atoms with Gasteiger partial charge in [-0.1, -0.05) is 18.2 Å². The second-order valence-corrected chi connectivity index (χ2v) is 7.16. The zero-order valence-corrected chi connectivity index (χ0v) is 13.1. The van der Waals surface area contributed by atoms with Gasteiger partial charge in [0.15, 0.2) is 0 Å². The molecule has 0 heterocycles. The molecule has 0 bridgehead atoms. The fraction of sp³-hybridized carbons (Fsp3) is 0.143. The predicted octanol–water partition coefficient (Wildman–Crippen LogP) is 4.28. The Morgan fingerprint density at radius 1 is 1.04 bits per heavy atom. The summed E-state index contributed by atoms with van der Waals surface area (Å²) in [5.74, 6) is -1.88. The van der Waals surface area contributed by atoms with Crippen LogP contribution < -0.4 is 4.72 Å². The first-order valence-corrected chi connectivity index (χ1v) is 8.71. The van der Waals surface area contributed by atoms with Gasteiger partial charge in [-0.2, -0.15) is 13.2 Å². The summed E-state index contributed by atoms with van der Waals surface area (Å²) in [4.78, 5) is -0.182. The molecule has 0 fully saturated rings. The number of alkyl halides is 3. The zero-order chi connectivity index (χ0) is 17.1. The quantitative estimate of drug-likeness (QED) is 0.635. The number of hydrogen-bond donors (Lipinski definition) is 1. The molecule has 0 amide bonds. The molecule has 2 aromatic rings. The predicted molar refractivity (Wildman–Crippen MR) is 80.4 cm³/mol. The van der Waals surface area contributed by atoms with Crippen molar-refractivity contribution in [2.75, 3.05) is 10.5 Å². The Balaban J connectivity index is 2.26. The summed E-state index contributed by atoms with van der Waals surface area (Å²) in [6.45, 7) is 0. The Kier molecular flexibility index (Phi) is 5.20. The lowest BCUT2D eigenvalue weighted by molar-refractivity contribution is -0.105. The molecule has 2 aromatic carbocycles. The third kappa shape index (κ3) is 5.14. The van der Waals surface area contributed by atoms with Gasteiger partial charge in [0.2, 0.25) is 0 Å². The highest BCUT2D eigenvalue weighted by Gasteiger charge is 2.28. The monoisotopic (exact) mass is 365 g/mol. The third-order valence-electron chi connectivity index (χ3n) is 2.63. The summed E-state index contributed by atoms with van der Waals surface area (Å²) in [5.41, 5.74) is 0.00557. The molecule has 0 saturated heterocycles. The van der Waals surface area contributed by atoms with Crippen LogP contribution in [0.1, 0.15) is 0 Å². The van der Waals surface area contributed by atoms with E-state index in [1.54, 1.807) is 0 Å². The molecule has 0 radical (unpaired) electrons. The van der Waals surface area contributed by atoms with Gasteiger partial charge < -0.3 is 0 Å². The molecule has 0 aliphatic carbocycles. The van der Waals surface area contributed by atoms with Crippen LogP contribution in [0.4, 0.5) is 23.2 Å². The molecule has 124 valence electrons. The summed E-state index contributed by atoms with van der Waals surface area (Å²) >= 11 is 0.467. The number of halogens is 4. The SMILES string of the molecule is O=S(=O)(Nc1ccccc1SCC(F)(F)F)c1cccc(F)c1. The Morgan fingerprint density at radius 3 is 2.39 bits per heavy atom. The molecule has 3 nitrogen and oxygen atoms in total. The van der Waals surface area contributed by atoms with Gasteiger partial charge >= 0.3 is 6.18 Å².